The summed E-state index contributed by atoms with van der Waals surface area (Å²) in [6, 6.07) is 14.7. The number of esters is 1. The zero-order valence-electron chi connectivity index (χ0n) is 16.5. The molecular formula is C23H25NO4. The van der Waals surface area contributed by atoms with Crippen molar-refractivity contribution in [2.75, 3.05) is 13.2 Å². The highest BCUT2D eigenvalue weighted by atomic mass is 16.5. The van der Waals surface area contributed by atoms with Crippen molar-refractivity contribution in [2.45, 2.75) is 33.1 Å². The van der Waals surface area contributed by atoms with Gasteiger partial charge in [-0.05, 0) is 42.5 Å². The second-order valence-corrected chi connectivity index (χ2v) is 7.54. The second-order valence-electron chi connectivity index (χ2n) is 7.54. The molecular weight excluding hydrogens is 354 g/mol. The maximum Gasteiger partial charge on any atom is 0.313 e. The molecule has 1 atom stereocenters. The van der Waals surface area contributed by atoms with E-state index in [1.165, 1.54) is 5.56 Å². The van der Waals surface area contributed by atoms with Gasteiger partial charge in [0.25, 0.3) is 11.8 Å². The zero-order valence-corrected chi connectivity index (χ0v) is 16.5. The number of carbonyl (C=O) groups excluding carboxylic acids is 3. The van der Waals surface area contributed by atoms with Gasteiger partial charge in [-0.15, -0.1) is 0 Å². The first-order valence-corrected chi connectivity index (χ1v) is 9.59. The molecule has 0 bridgehead atoms. The second kappa shape index (κ2) is 8.38. The fraction of sp³-hybridized carbons (Fsp3) is 0.348. The van der Waals surface area contributed by atoms with Gasteiger partial charge in [-0.25, -0.2) is 0 Å². The van der Waals surface area contributed by atoms with Crippen LogP contribution < -0.4 is 0 Å². The van der Waals surface area contributed by atoms with Gasteiger partial charge < -0.3 is 4.74 Å². The molecule has 0 spiro atoms. The van der Waals surface area contributed by atoms with Crippen molar-refractivity contribution in [3.63, 3.8) is 0 Å². The molecule has 0 N–H and O–H groups in total. The van der Waals surface area contributed by atoms with Crippen LogP contribution in [-0.2, 0) is 16.0 Å². The van der Waals surface area contributed by atoms with Crippen molar-refractivity contribution in [2.24, 2.45) is 5.92 Å². The van der Waals surface area contributed by atoms with E-state index in [-0.39, 0.29) is 30.9 Å². The summed E-state index contributed by atoms with van der Waals surface area (Å²) in [7, 11) is 0. The summed E-state index contributed by atoms with van der Waals surface area (Å²) < 4.78 is 5.33. The number of imide groups is 1. The SMILES string of the molecule is CC(C)Cc1ccc(C(C)C(=O)OCCN2C(=O)c3ccccc3C2=O)cc1. The van der Waals surface area contributed by atoms with Gasteiger partial charge in [-0.2, -0.15) is 0 Å². The molecule has 1 aliphatic heterocycles. The lowest BCUT2D eigenvalue weighted by molar-refractivity contribution is -0.145. The van der Waals surface area contributed by atoms with E-state index < -0.39 is 5.92 Å². The minimum atomic E-state index is -0.407. The predicted molar refractivity (Wildman–Crippen MR) is 106 cm³/mol. The smallest absolute Gasteiger partial charge is 0.313 e. The van der Waals surface area contributed by atoms with Gasteiger partial charge in [0.1, 0.15) is 6.61 Å². The van der Waals surface area contributed by atoms with Gasteiger partial charge in [0.15, 0.2) is 0 Å². The van der Waals surface area contributed by atoms with Crippen LogP contribution in [0.4, 0.5) is 0 Å². The first-order chi connectivity index (χ1) is 13.4. The van der Waals surface area contributed by atoms with Crippen LogP contribution >= 0.6 is 0 Å². The average Bonchev–Trinajstić information content (AvgIpc) is 2.92. The summed E-state index contributed by atoms with van der Waals surface area (Å²) in [4.78, 5) is 38.1. The van der Waals surface area contributed by atoms with Gasteiger partial charge >= 0.3 is 5.97 Å². The Bertz CT molecular complexity index is 851. The number of ether oxygens (including phenoxy) is 1. The quantitative estimate of drug-likeness (QED) is 0.542. The van der Waals surface area contributed by atoms with Gasteiger partial charge in [-0.3, -0.25) is 19.3 Å². The number of fused-ring (bicyclic) bond motifs is 1. The molecule has 5 nitrogen and oxygen atoms in total. The third-order valence-electron chi connectivity index (χ3n) is 4.91. The third-order valence-corrected chi connectivity index (χ3v) is 4.91. The highest BCUT2D eigenvalue weighted by Gasteiger charge is 2.34. The number of rotatable bonds is 7. The molecule has 0 saturated heterocycles. The summed E-state index contributed by atoms with van der Waals surface area (Å²) >= 11 is 0. The van der Waals surface area contributed by atoms with E-state index in [0.717, 1.165) is 16.9 Å². The number of amides is 2. The third kappa shape index (κ3) is 4.14. The van der Waals surface area contributed by atoms with Crippen LogP contribution in [0.15, 0.2) is 48.5 Å². The Morgan fingerprint density at radius 3 is 2.04 bits per heavy atom. The number of hydrogen-bond acceptors (Lipinski definition) is 4. The predicted octanol–water partition coefficient (Wildman–Crippen LogP) is 3.83. The van der Waals surface area contributed by atoms with Crippen LogP contribution in [0, 0.1) is 5.92 Å². The minimum absolute atomic E-state index is 0.0138. The van der Waals surface area contributed by atoms with Crippen molar-refractivity contribution in [3.05, 3.63) is 70.8 Å². The molecule has 3 rings (SSSR count). The summed E-state index contributed by atoms with van der Waals surface area (Å²) in [5, 5.41) is 0. The number of hydrogen-bond donors (Lipinski definition) is 0. The zero-order chi connectivity index (χ0) is 20.3. The number of carbonyl (C=O) groups is 3. The lowest BCUT2D eigenvalue weighted by atomic mass is 9.97. The van der Waals surface area contributed by atoms with E-state index in [4.69, 9.17) is 4.74 Å². The van der Waals surface area contributed by atoms with Crippen LogP contribution in [0.25, 0.3) is 0 Å². The van der Waals surface area contributed by atoms with Gasteiger partial charge in [0.05, 0.1) is 23.6 Å². The first-order valence-electron chi connectivity index (χ1n) is 9.59. The summed E-state index contributed by atoms with van der Waals surface area (Å²) in [6.07, 6.45) is 0.999. The summed E-state index contributed by atoms with van der Waals surface area (Å²) in [5.41, 5.74) is 2.92. The van der Waals surface area contributed by atoms with Crippen molar-refractivity contribution < 1.29 is 19.1 Å². The molecule has 0 aromatic heterocycles. The number of benzene rings is 2. The Kier molecular flexibility index (Phi) is 5.93. The van der Waals surface area contributed by atoms with Crippen molar-refractivity contribution in [3.8, 4) is 0 Å². The molecule has 2 aromatic rings. The fourth-order valence-electron chi connectivity index (χ4n) is 3.35. The van der Waals surface area contributed by atoms with E-state index in [9.17, 15) is 14.4 Å². The summed E-state index contributed by atoms with van der Waals surface area (Å²) in [6.45, 7) is 6.17. The van der Waals surface area contributed by atoms with E-state index in [2.05, 4.69) is 13.8 Å². The minimum Gasteiger partial charge on any atom is -0.463 e. The average molecular weight is 379 g/mol. The molecule has 146 valence electrons. The van der Waals surface area contributed by atoms with Crippen LogP contribution in [0.1, 0.15) is 58.5 Å². The van der Waals surface area contributed by atoms with E-state index in [1.807, 2.05) is 24.3 Å². The molecule has 28 heavy (non-hydrogen) atoms. The van der Waals surface area contributed by atoms with Crippen LogP contribution in [0.3, 0.4) is 0 Å². The van der Waals surface area contributed by atoms with Crippen LogP contribution in [0.5, 0.6) is 0 Å². The largest absolute Gasteiger partial charge is 0.463 e. The van der Waals surface area contributed by atoms with Crippen molar-refractivity contribution in [1.29, 1.82) is 0 Å². The molecule has 0 fully saturated rings. The van der Waals surface area contributed by atoms with Gasteiger partial charge in [0, 0.05) is 0 Å². The van der Waals surface area contributed by atoms with E-state index >= 15 is 0 Å². The molecule has 1 aliphatic rings. The molecule has 1 unspecified atom stereocenters. The molecule has 2 aromatic carbocycles. The highest BCUT2D eigenvalue weighted by Crippen LogP contribution is 2.22. The Hall–Kier alpha value is -2.95. The molecule has 2 amide bonds. The van der Waals surface area contributed by atoms with Crippen molar-refractivity contribution >= 4 is 17.8 Å². The van der Waals surface area contributed by atoms with Crippen LogP contribution in [0.2, 0.25) is 0 Å². The topological polar surface area (TPSA) is 63.7 Å². The van der Waals surface area contributed by atoms with Gasteiger partial charge in [-0.1, -0.05) is 50.2 Å². The molecule has 0 radical (unpaired) electrons. The standard InChI is InChI=1S/C23H25NO4/c1-15(2)14-17-8-10-18(11-9-17)16(3)23(27)28-13-12-24-21(25)19-6-4-5-7-20(19)22(24)26/h4-11,15-16H,12-14H2,1-3H3. The molecule has 1 heterocycles. The Morgan fingerprint density at radius 1 is 0.929 bits per heavy atom. The molecule has 5 heteroatoms. The van der Waals surface area contributed by atoms with Crippen LogP contribution in [-0.4, -0.2) is 35.8 Å². The lowest BCUT2D eigenvalue weighted by Gasteiger charge is -2.16. The first kappa shape index (κ1) is 19.8. The van der Waals surface area contributed by atoms with Crippen molar-refractivity contribution in [1.82, 2.24) is 4.90 Å². The van der Waals surface area contributed by atoms with Gasteiger partial charge in [0.2, 0.25) is 0 Å². The summed E-state index contributed by atoms with van der Waals surface area (Å²) in [5.74, 6) is -0.880. The Morgan fingerprint density at radius 2 is 1.50 bits per heavy atom. The lowest BCUT2D eigenvalue weighted by Crippen LogP contribution is -2.33. The molecule has 0 saturated carbocycles. The maximum atomic E-state index is 12.4. The monoisotopic (exact) mass is 379 g/mol. The maximum absolute atomic E-state index is 12.4. The molecule has 0 aliphatic carbocycles. The van der Waals surface area contributed by atoms with E-state index in [0.29, 0.717) is 17.0 Å². The van der Waals surface area contributed by atoms with E-state index in [1.54, 1.807) is 31.2 Å². The Labute approximate surface area is 165 Å². The normalized spacial score (nSPS) is 14.4. The number of nitrogens with zero attached hydrogens (tertiary/aromatic N) is 1. The highest BCUT2D eigenvalue weighted by molar-refractivity contribution is 6.21. The Balaban J connectivity index is 1.53. The fourth-order valence-corrected chi connectivity index (χ4v) is 3.35.